The zero-order valence-corrected chi connectivity index (χ0v) is 12.8. The first-order valence-electron chi connectivity index (χ1n) is 7.46. The second-order valence-electron chi connectivity index (χ2n) is 5.68. The van der Waals surface area contributed by atoms with E-state index in [2.05, 4.69) is 4.98 Å². The number of benzene rings is 2. The Morgan fingerprint density at radius 2 is 1.92 bits per heavy atom. The minimum atomic E-state index is -0.528. The molecule has 2 aromatic carbocycles. The van der Waals surface area contributed by atoms with Gasteiger partial charge in [0.25, 0.3) is 0 Å². The average molecular weight is 325 g/mol. The van der Waals surface area contributed by atoms with Crippen LogP contribution in [0.4, 0.5) is 8.78 Å². The zero-order chi connectivity index (χ0) is 16.8. The Bertz CT molecular complexity index is 992. The molecule has 0 atom stereocenters. The van der Waals surface area contributed by atoms with Crippen LogP contribution in [-0.4, -0.2) is 20.0 Å². The van der Waals surface area contributed by atoms with Crippen LogP contribution in [0, 0.1) is 23.8 Å². The Kier molecular flexibility index (Phi) is 3.19. The van der Waals surface area contributed by atoms with Gasteiger partial charge in [-0.3, -0.25) is 4.57 Å². The monoisotopic (exact) mass is 325 g/mol. The molecule has 0 amide bonds. The molecule has 0 fully saturated rings. The van der Waals surface area contributed by atoms with Crippen molar-refractivity contribution in [2.75, 3.05) is 0 Å². The van der Waals surface area contributed by atoms with Crippen LogP contribution in [0.15, 0.2) is 48.7 Å². The zero-order valence-electron chi connectivity index (χ0n) is 12.8. The molecule has 4 nitrogen and oxygen atoms in total. The molecule has 4 rings (SSSR count). The van der Waals surface area contributed by atoms with E-state index in [-0.39, 0.29) is 17.8 Å². The summed E-state index contributed by atoms with van der Waals surface area (Å²) in [7, 11) is 0. The number of hydrogen-bond acceptors (Lipinski definition) is 2. The Balaban J connectivity index is 2.09. The first-order valence-corrected chi connectivity index (χ1v) is 7.46. The highest BCUT2D eigenvalue weighted by Crippen LogP contribution is 2.27. The minimum absolute atomic E-state index is 0.0478. The number of nitrogens with zero attached hydrogens (tertiary/aromatic N) is 3. The van der Waals surface area contributed by atoms with Gasteiger partial charge in [-0.2, -0.15) is 4.74 Å². The van der Waals surface area contributed by atoms with E-state index in [0.29, 0.717) is 21.8 Å². The molecule has 0 unspecified atom stereocenters. The minimum Gasteiger partial charge on any atom is -0.623 e. The van der Waals surface area contributed by atoms with E-state index in [4.69, 9.17) is 0 Å². The summed E-state index contributed by atoms with van der Waals surface area (Å²) in [5.74, 6) is -0.487. The summed E-state index contributed by atoms with van der Waals surface area (Å²) in [4.78, 5) is 4.26. The molecule has 6 heteroatoms. The van der Waals surface area contributed by atoms with Crippen molar-refractivity contribution in [1.29, 1.82) is 0 Å². The molecule has 1 aromatic heterocycles. The molecule has 3 aromatic rings. The molecule has 0 saturated carbocycles. The maximum Gasteiger partial charge on any atom is 0.231 e. The second-order valence-corrected chi connectivity index (χ2v) is 5.68. The van der Waals surface area contributed by atoms with Gasteiger partial charge in [0.1, 0.15) is 11.6 Å². The summed E-state index contributed by atoms with van der Waals surface area (Å²) in [6.45, 7) is 1.81. The highest BCUT2D eigenvalue weighted by molar-refractivity contribution is 6.12. The van der Waals surface area contributed by atoms with Crippen LogP contribution in [0.3, 0.4) is 0 Å². The Hall–Kier alpha value is -3.02. The molecule has 1 aliphatic heterocycles. The number of hydroxylamine groups is 1. The molecular formula is C18H13F2N3O. The van der Waals surface area contributed by atoms with Gasteiger partial charge in [-0.15, -0.1) is 0 Å². The maximum atomic E-state index is 14.3. The quantitative estimate of drug-likeness (QED) is 0.509. The van der Waals surface area contributed by atoms with Gasteiger partial charge in [-0.05, 0) is 37.3 Å². The fraction of sp³-hybridized carbons (Fsp3) is 0.111. The van der Waals surface area contributed by atoms with E-state index in [0.717, 1.165) is 5.69 Å². The Labute approximate surface area is 136 Å². The molecule has 0 radical (unpaired) electrons. The SMILES string of the molecule is Cc1cnc2n1-c1ccc(F)cc1C(c1ccccc1F)=[N+]([O-])C2. The summed E-state index contributed by atoms with van der Waals surface area (Å²) < 4.78 is 30.7. The van der Waals surface area contributed by atoms with Crippen LogP contribution in [0.25, 0.3) is 5.69 Å². The molecule has 0 spiro atoms. The first-order chi connectivity index (χ1) is 11.6. The predicted octanol–water partition coefficient (Wildman–Crippen LogP) is 3.32. The molecule has 24 heavy (non-hydrogen) atoms. The summed E-state index contributed by atoms with van der Waals surface area (Å²) >= 11 is 0. The van der Waals surface area contributed by atoms with Crippen LogP contribution >= 0.6 is 0 Å². The van der Waals surface area contributed by atoms with E-state index < -0.39 is 11.6 Å². The number of halogens is 2. The van der Waals surface area contributed by atoms with Crippen LogP contribution in [-0.2, 0) is 6.54 Å². The van der Waals surface area contributed by atoms with Crippen molar-refractivity contribution in [2.24, 2.45) is 0 Å². The molecule has 0 bridgehead atoms. The lowest BCUT2D eigenvalue weighted by Gasteiger charge is -2.12. The van der Waals surface area contributed by atoms with Crippen LogP contribution in [0.2, 0.25) is 0 Å². The van der Waals surface area contributed by atoms with E-state index in [1.807, 2.05) is 6.92 Å². The van der Waals surface area contributed by atoms with Gasteiger partial charge in [0.2, 0.25) is 12.3 Å². The van der Waals surface area contributed by atoms with Crippen LogP contribution in [0.1, 0.15) is 22.6 Å². The molecular weight excluding hydrogens is 312 g/mol. The number of hydrogen-bond donors (Lipinski definition) is 0. The standard InChI is InChI=1S/C18H13F2N3O/c1-11-9-21-17-10-22(24)18(13-4-2-3-5-15(13)20)14-8-12(19)6-7-16(14)23(11)17/h2-9H,10H2,1H3. The predicted molar refractivity (Wildman–Crippen MR) is 85.2 cm³/mol. The lowest BCUT2D eigenvalue weighted by Crippen LogP contribution is -2.19. The lowest BCUT2D eigenvalue weighted by atomic mass is 9.99. The van der Waals surface area contributed by atoms with Gasteiger partial charge in [0.05, 0.1) is 16.8 Å². The smallest absolute Gasteiger partial charge is 0.231 e. The van der Waals surface area contributed by atoms with Gasteiger partial charge in [0.15, 0.2) is 5.82 Å². The molecule has 0 aliphatic carbocycles. The maximum absolute atomic E-state index is 14.3. The third kappa shape index (κ3) is 2.11. The number of aryl methyl sites for hydroxylation is 1. The van der Waals surface area contributed by atoms with Crippen molar-refractivity contribution < 1.29 is 13.5 Å². The Morgan fingerprint density at radius 1 is 1.12 bits per heavy atom. The molecule has 2 heterocycles. The van der Waals surface area contributed by atoms with Crippen molar-refractivity contribution in [3.05, 3.63) is 88.1 Å². The third-order valence-corrected chi connectivity index (χ3v) is 4.13. The van der Waals surface area contributed by atoms with Crippen molar-refractivity contribution in [2.45, 2.75) is 13.5 Å². The van der Waals surface area contributed by atoms with Gasteiger partial charge < -0.3 is 5.21 Å². The fourth-order valence-corrected chi connectivity index (χ4v) is 3.09. The number of aromatic nitrogens is 2. The summed E-state index contributed by atoms with van der Waals surface area (Å²) in [5.41, 5.74) is 2.02. The number of fused-ring (bicyclic) bond motifs is 3. The van der Waals surface area contributed by atoms with E-state index >= 15 is 0 Å². The summed E-state index contributed by atoms with van der Waals surface area (Å²) in [6.07, 6.45) is 1.66. The highest BCUT2D eigenvalue weighted by Gasteiger charge is 2.29. The van der Waals surface area contributed by atoms with Crippen molar-refractivity contribution >= 4 is 5.71 Å². The van der Waals surface area contributed by atoms with Crippen molar-refractivity contribution in [3.63, 3.8) is 0 Å². The molecule has 120 valence electrons. The lowest BCUT2D eigenvalue weighted by molar-refractivity contribution is -0.475. The molecule has 0 N–H and O–H groups in total. The van der Waals surface area contributed by atoms with Crippen molar-refractivity contribution in [3.8, 4) is 5.69 Å². The summed E-state index contributed by atoms with van der Waals surface area (Å²) in [5, 5.41) is 12.8. The second kappa shape index (κ2) is 5.26. The number of imidazole rings is 1. The summed E-state index contributed by atoms with van der Waals surface area (Å²) in [6, 6.07) is 10.2. The third-order valence-electron chi connectivity index (χ3n) is 4.13. The number of rotatable bonds is 1. The first kappa shape index (κ1) is 14.6. The van der Waals surface area contributed by atoms with Gasteiger partial charge >= 0.3 is 0 Å². The van der Waals surface area contributed by atoms with E-state index in [1.54, 1.807) is 29.0 Å². The van der Waals surface area contributed by atoms with Crippen molar-refractivity contribution in [1.82, 2.24) is 9.55 Å². The fourth-order valence-electron chi connectivity index (χ4n) is 3.09. The molecule has 0 saturated heterocycles. The molecule has 1 aliphatic rings. The van der Waals surface area contributed by atoms with E-state index in [1.165, 1.54) is 24.3 Å². The van der Waals surface area contributed by atoms with Gasteiger partial charge in [0, 0.05) is 11.9 Å². The van der Waals surface area contributed by atoms with Crippen LogP contribution < -0.4 is 0 Å². The van der Waals surface area contributed by atoms with Crippen LogP contribution in [0.5, 0.6) is 0 Å². The largest absolute Gasteiger partial charge is 0.623 e. The average Bonchev–Trinajstić information content (AvgIpc) is 2.85. The van der Waals surface area contributed by atoms with E-state index in [9.17, 15) is 14.0 Å². The normalized spacial score (nSPS) is 13.5. The topological polar surface area (TPSA) is 43.9 Å². The van der Waals surface area contributed by atoms with Gasteiger partial charge in [-0.1, -0.05) is 12.1 Å². The highest BCUT2D eigenvalue weighted by atomic mass is 19.1. The Morgan fingerprint density at radius 3 is 2.71 bits per heavy atom. The van der Waals surface area contributed by atoms with Gasteiger partial charge in [-0.25, -0.2) is 13.8 Å².